The normalized spacial score (nSPS) is 19.4. The van der Waals surface area contributed by atoms with Crippen LogP contribution in [0.3, 0.4) is 0 Å². The van der Waals surface area contributed by atoms with Gasteiger partial charge in [-0.15, -0.1) is 11.8 Å². The lowest BCUT2D eigenvalue weighted by molar-refractivity contribution is 0.332. The van der Waals surface area contributed by atoms with Gasteiger partial charge in [0.05, 0.1) is 0 Å². The van der Waals surface area contributed by atoms with E-state index in [1.165, 1.54) is 54.7 Å². The Kier molecular flexibility index (Phi) is 5.50. The average molecular weight is 281 g/mol. The Bertz CT molecular complexity index is 348. The summed E-state index contributed by atoms with van der Waals surface area (Å²) in [6, 6.07) is 8.93. The van der Waals surface area contributed by atoms with Gasteiger partial charge in [-0.25, -0.2) is 0 Å². The fourth-order valence-corrected chi connectivity index (χ4v) is 4.47. The Morgan fingerprint density at radius 1 is 1.06 bits per heavy atom. The van der Waals surface area contributed by atoms with Gasteiger partial charge in [0.2, 0.25) is 0 Å². The van der Waals surface area contributed by atoms with Crippen molar-refractivity contribution in [2.24, 2.45) is 5.41 Å². The van der Waals surface area contributed by atoms with Crippen molar-refractivity contribution in [3.8, 4) is 0 Å². The van der Waals surface area contributed by atoms with Crippen LogP contribution in [0, 0.1) is 12.3 Å². The zero-order valence-corrected chi connectivity index (χ0v) is 13.0. The third-order valence-corrected chi connectivity index (χ3v) is 6.10. The minimum atomic E-state index is 0.481. The maximum atomic E-state index is 4.65. The van der Waals surface area contributed by atoms with Gasteiger partial charge in [-0.05, 0) is 43.1 Å². The zero-order chi connectivity index (χ0) is 12.8. The fourth-order valence-electron chi connectivity index (χ4n) is 2.70. The van der Waals surface area contributed by atoms with Crippen molar-refractivity contribution in [1.29, 1.82) is 0 Å². The van der Waals surface area contributed by atoms with Crippen LogP contribution in [0.25, 0.3) is 0 Å². The number of rotatable bonds is 4. The predicted octanol–water partition coefficient (Wildman–Crippen LogP) is 5.36. The highest BCUT2D eigenvalue weighted by atomic mass is 32.2. The van der Waals surface area contributed by atoms with Gasteiger partial charge < -0.3 is 0 Å². The van der Waals surface area contributed by atoms with Gasteiger partial charge in [-0.1, -0.05) is 43.4 Å². The van der Waals surface area contributed by atoms with Crippen LogP contribution in [0.15, 0.2) is 29.2 Å². The molecule has 0 amide bonds. The standard InChI is InChI=1S/C16H24S2/c1-14-6-8-15(9-7-14)18-13-16(12-17)10-4-2-3-5-11-16/h6-9,17H,2-5,10-13H2,1H3. The summed E-state index contributed by atoms with van der Waals surface area (Å²) in [4.78, 5) is 1.41. The fraction of sp³-hybridized carbons (Fsp3) is 0.625. The number of aryl methyl sites for hydroxylation is 1. The number of thiol groups is 1. The monoisotopic (exact) mass is 280 g/mol. The molecule has 0 radical (unpaired) electrons. The van der Waals surface area contributed by atoms with E-state index in [2.05, 4.69) is 43.8 Å². The molecule has 100 valence electrons. The predicted molar refractivity (Wildman–Crippen MR) is 85.9 cm³/mol. The van der Waals surface area contributed by atoms with E-state index in [0.717, 1.165) is 5.75 Å². The summed E-state index contributed by atoms with van der Waals surface area (Å²) >= 11 is 6.67. The van der Waals surface area contributed by atoms with Gasteiger partial charge in [0, 0.05) is 10.6 Å². The quantitative estimate of drug-likeness (QED) is 0.440. The van der Waals surface area contributed by atoms with Gasteiger partial charge in [0.15, 0.2) is 0 Å². The Morgan fingerprint density at radius 2 is 1.67 bits per heavy atom. The van der Waals surface area contributed by atoms with Crippen LogP contribution < -0.4 is 0 Å². The first kappa shape index (κ1) is 14.3. The molecule has 1 fully saturated rings. The van der Waals surface area contributed by atoms with Gasteiger partial charge >= 0.3 is 0 Å². The molecule has 0 atom stereocenters. The van der Waals surface area contributed by atoms with Gasteiger partial charge in [0.1, 0.15) is 0 Å². The molecule has 1 aliphatic rings. The lowest BCUT2D eigenvalue weighted by atomic mass is 9.84. The van der Waals surface area contributed by atoms with E-state index < -0.39 is 0 Å². The molecule has 2 rings (SSSR count). The van der Waals surface area contributed by atoms with Crippen molar-refractivity contribution in [1.82, 2.24) is 0 Å². The van der Waals surface area contributed by atoms with Crippen molar-refractivity contribution in [3.63, 3.8) is 0 Å². The summed E-state index contributed by atoms with van der Waals surface area (Å²) in [7, 11) is 0. The second kappa shape index (κ2) is 6.91. The highest BCUT2D eigenvalue weighted by Gasteiger charge is 2.29. The molecule has 1 aromatic carbocycles. The summed E-state index contributed by atoms with van der Waals surface area (Å²) in [5.74, 6) is 2.28. The molecule has 0 aromatic heterocycles. The van der Waals surface area contributed by atoms with Crippen molar-refractivity contribution in [2.45, 2.75) is 50.3 Å². The summed E-state index contributed by atoms with van der Waals surface area (Å²) in [5.41, 5.74) is 1.83. The molecule has 0 nitrogen and oxygen atoms in total. The Labute approximate surface area is 121 Å². The summed E-state index contributed by atoms with van der Waals surface area (Å²) in [6.07, 6.45) is 8.38. The Hall–Kier alpha value is -0.0800. The molecule has 18 heavy (non-hydrogen) atoms. The van der Waals surface area contributed by atoms with Gasteiger partial charge in [-0.3, -0.25) is 0 Å². The van der Waals surface area contributed by atoms with Crippen LogP contribution in [-0.2, 0) is 0 Å². The minimum Gasteiger partial charge on any atom is -0.179 e. The van der Waals surface area contributed by atoms with E-state index in [-0.39, 0.29) is 0 Å². The molecule has 0 bridgehead atoms. The molecular formula is C16H24S2. The topological polar surface area (TPSA) is 0 Å². The third-order valence-electron chi connectivity index (χ3n) is 4.07. The molecule has 0 spiro atoms. The Morgan fingerprint density at radius 3 is 2.22 bits per heavy atom. The van der Waals surface area contributed by atoms with Crippen molar-refractivity contribution >= 4 is 24.4 Å². The van der Waals surface area contributed by atoms with Crippen LogP contribution >= 0.6 is 24.4 Å². The third kappa shape index (κ3) is 3.96. The molecule has 0 unspecified atom stereocenters. The van der Waals surface area contributed by atoms with Crippen LogP contribution in [0.1, 0.15) is 44.1 Å². The largest absolute Gasteiger partial charge is 0.179 e. The van der Waals surface area contributed by atoms with Crippen LogP contribution in [0.4, 0.5) is 0 Å². The molecular weight excluding hydrogens is 256 g/mol. The van der Waals surface area contributed by atoms with Crippen LogP contribution in [0.5, 0.6) is 0 Å². The van der Waals surface area contributed by atoms with Gasteiger partial charge in [0.25, 0.3) is 0 Å². The molecule has 1 aromatic rings. The van der Waals surface area contributed by atoms with E-state index in [0.29, 0.717) is 5.41 Å². The molecule has 2 heteroatoms. The summed E-state index contributed by atoms with van der Waals surface area (Å²) in [6.45, 7) is 2.15. The minimum absolute atomic E-state index is 0.481. The van der Waals surface area contributed by atoms with Crippen molar-refractivity contribution in [3.05, 3.63) is 29.8 Å². The van der Waals surface area contributed by atoms with E-state index in [1.807, 2.05) is 11.8 Å². The molecule has 0 N–H and O–H groups in total. The SMILES string of the molecule is Cc1ccc(SCC2(CS)CCCCCC2)cc1. The second-order valence-electron chi connectivity index (χ2n) is 5.67. The molecule has 1 aliphatic carbocycles. The second-order valence-corrected chi connectivity index (χ2v) is 7.04. The number of thioether (sulfide) groups is 1. The van der Waals surface area contributed by atoms with Crippen LogP contribution in [-0.4, -0.2) is 11.5 Å². The Balaban J connectivity index is 1.95. The first-order chi connectivity index (χ1) is 8.74. The lowest BCUT2D eigenvalue weighted by Crippen LogP contribution is -2.25. The number of hydrogen-bond donors (Lipinski definition) is 1. The maximum Gasteiger partial charge on any atom is 0.00723 e. The zero-order valence-electron chi connectivity index (χ0n) is 11.3. The summed E-state index contributed by atoms with van der Waals surface area (Å²) < 4.78 is 0. The van der Waals surface area contributed by atoms with E-state index in [9.17, 15) is 0 Å². The number of hydrogen-bond acceptors (Lipinski definition) is 2. The molecule has 1 saturated carbocycles. The first-order valence-corrected chi connectivity index (χ1v) is 8.66. The van der Waals surface area contributed by atoms with Crippen molar-refractivity contribution < 1.29 is 0 Å². The first-order valence-electron chi connectivity index (χ1n) is 7.04. The van der Waals surface area contributed by atoms with Crippen molar-refractivity contribution in [2.75, 3.05) is 11.5 Å². The maximum absolute atomic E-state index is 4.65. The lowest BCUT2D eigenvalue weighted by Gasteiger charge is -2.30. The van der Waals surface area contributed by atoms with E-state index in [1.54, 1.807) is 0 Å². The summed E-state index contributed by atoms with van der Waals surface area (Å²) in [5, 5.41) is 0. The van der Waals surface area contributed by atoms with E-state index >= 15 is 0 Å². The van der Waals surface area contributed by atoms with Crippen LogP contribution in [0.2, 0.25) is 0 Å². The van der Waals surface area contributed by atoms with Gasteiger partial charge in [-0.2, -0.15) is 12.6 Å². The highest BCUT2D eigenvalue weighted by molar-refractivity contribution is 7.99. The smallest absolute Gasteiger partial charge is 0.00723 e. The molecule has 0 saturated heterocycles. The number of benzene rings is 1. The van der Waals surface area contributed by atoms with E-state index in [4.69, 9.17) is 0 Å². The molecule has 0 heterocycles. The molecule has 0 aliphatic heterocycles. The average Bonchev–Trinajstić information content (AvgIpc) is 2.64. The highest BCUT2D eigenvalue weighted by Crippen LogP contribution is 2.40.